The molecule has 0 aliphatic carbocycles. The third kappa shape index (κ3) is 2.38. The van der Waals surface area contributed by atoms with Gasteiger partial charge in [-0.1, -0.05) is 25.1 Å². The van der Waals surface area contributed by atoms with Crippen LogP contribution in [-0.2, 0) is 0 Å². The van der Waals surface area contributed by atoms with Gasteiger partial charge in [-0.3, -0.25) is 4.98 Å². The molecule has 0 radical (unpaired) electrons. The fraction of sp³-hybridized carbons (Fsp3) is 0.357. The third-order valence-corrected chi connectivity index (χ3v) is 2.95. The van der Waals surface area contributed by atoms with E-state index in [-0.39, 0.29) is 6.61 Å². The Morgan fingerprint density at radius 1 is 1.28 bits per heavy atom. The minimum Gasteiger partial charge on any atom is -0.396 e. The van der Waals surface area contributed by atoms with Crippen LogP contribution in [0.1, 0.15) is 13.3 Å². The van der Waals surface area contributed by atoms with E-state index in [2.05, 4.69) is 16.8 Å². The summed E-state index contributed by atoms with van der Waals surface area (Å²) in [5.74, 6) is 0. The zero-order chi connectivity index (χ0) is 13.0. The first-order chi connectivity index (χ1) is 8.77. The molecule has 18 heavy (non-hydrogen) atoms. The van der Waals surface area contributed by atoms with Gasteiger partial charge in [-0.05, 0) is 12.5 Å². The molecular weight excluding hydrogens is 226 g/mol. The molecular formula is C14H19N3O. The molecule has 0 aliphatic heterocycles. The van der Waals surface area contributed by atoms with Crippen molar-refractivity contribution in [2.24, 2.45) is 0 Å². The van der Waals surface area contributed by atoms with Crippen LogP contribution in [0.15, 0.2) is 30.5 Å². The molecule has 2 rings (SSSR count). The van der Waals surface area contributed by atoms with Crippen LogP contribution in [-0.4, -0.2) is 29.8 Å². The first-order valence-electron chi connectivity index (χ1n) is 6.27. The number of aromatic nitrogens is 1. The minimum absolute atomic E-state index is 0.121. The Kier molecular flexibility index (Phi) is 3.99. The van der Waals surface area contributed by atoms with Gasteiger partial charge in [-0.25, -0.2) is 0 Å². The summed E-state index contributed by atoms with van der Waals surface area (Å²) < 4.78 is 0. The van der Waals surface area contributed by atoms with Gasteiger partial charge in [0.15, 0.2) is 0 Å². The molecule has 0 aliphatic rings. The summed E-state index contributed by atoms with van der Waals surface area (Å²) in [7, 11) is 0. The zero-order valence-electron chi connectivity index (χ0n) is 10.6. The van der Waals surface area contributed by atoms with E-state index in [9.17, 15) is 5.11 Å². The number of hydrogen-bond donors (Lipinski definition) is 2. The number of nitrogens with two attached hydrogens (primary N) is 1. The smallest absolute Gasteiger partial charge is 0.0745 e. The number of para-hydroxylation sites is 1. The first-order valence-corrected chi connectivity index (χ1v) is 6.27. The van der Waals surface area contributed by atoms with Gasteiger partial charge in [-0.2, -0.15) is 0 Å². The number of nitrogen functional groups attached to an aromatic ring is 1. The lowest BCUT2D eigenvalue weighted by atomic mass is 10.1. The molecule has 4 heteroatoms. The summed E-state index contributed by atoms with van der Waals surface area (Å²) in [6, 6.07) is 7.94. The summed E-state index contributed by atoms with van der Waals surface area (Å²) in [6.07, 6.45) is 2.70. The monoisotopic (exact) mass is 245 g/mol. The molecule has 1 heterocycles. The van der Waals surface area contributed by atoms with E-state index in [0.717, 1.165) is 29.6 Å². The Morgan fingerprint density at radius 3 is 2.78 bits per heavy atom. The van der Waals surface area contributed by atoms with Crippen LogP contribution in [0.5, 0.6) is 0 Å². The molecule has 0 atom stereocenters. The third-order valence-electron chi connectivity index (χ3n) is 2.95. The van der Waals surface area contributed by atoms with Crippen LogP contribution in [0.25, 0.3) is 10.9 Å². The number of aliphatic hydroxyl groups excluding tert-OH is 1. The maximum Gasteiger partial charge on any atom is 0.0745 e. The topological polar surface area (TPSA) is 62.4 Å². The lowest BCUT2D eigenvalue weighted by Gasteiger charge is -2.26. The van der Waals surface area contributed by atoms with Crippen LogP contribution < -0.4 is 10.6 Å². The van der Waals surface area contributed by atoms with Crippen molar-refractivity contribution in [1.82, 2.24) is 4.98 Å². The molecule has 0 spiro atoms. The van der Waals surface area contributed by atoms with Gasteiger partial charge < -0.3 is 15.7 Å². The van der Waals surface area contributed by atoms with Crippen molar-refractivity contribution in [2.45, 2.75) is 13.3 Å². The van der Waals surface area contributed by atoms with Crippen LogP contribution >= 0.6 is 0 Å². The average Bonchev–Trinajstić information content (AvgIpc) is 2.38. The molecule has 0 saturated heterocycles. The normalized spacial score (nSPS) is 10.8. The van der Waals surface area contributed by atoms with Crippen molar-refractivity contribution >= 4 is 22.3 Å². The summed E-state index contributed by atoms with van der Waals surface area (Å²) in [6.45, 7) is 3.70. The number of anilines is 2. The van der Waals surface area contributed by atoms with E-state index >= 15 is 0 Å². The number of pyridine rings is 1. The number of hydrogen-bond acceptors (Lipinski definition) is 4. The Balaban J connectivity index is 2.55. The molecule has 4 nitrogen and oxygen atoms in total. The van der Waals surface area contributed by atoms with E-state index in [4.69, 9.17) is 5.73 Å². The fourth-order valence-corrected chi connectivity index (χ4v) is 2.22. The number of aliphatic hydroxyl groups is 1. The van der Waals surface area contributed by atoms with Crippen molar-refractivity contribution in [1.29, 1.82) is 0 Å². The molecule has 0 fully saturated rings. The molecule has 0 bridgehead atoms. The maximum atomic E-state index is 9.19. The highest BCUT2D eigenvalue weighted by molar-refractivity contribution is 5.97. The van der Waals surface area contributed by atoms with E-state index in [1.807, 2.05) is 24.3 Å². The Hall–Kier alpha value is -1.81. The number of rotatable bonds is 5. The predicted molar refractivity (Wildman–Crippen MR) is 75.7 cm³/mol. The Bertz CT molecular complexity index is 521. The molecule has 2 aromatic rings. The van der Waals surface area contributed by atoms with Gasteiger partial charge in [0.05, 0.1) is 29.7 Å². The highest BCUT2D eigenvalue weighted by atomic mass is 16.3. The van der Waals surface area contributed by atoms with Crippen LogP contribution in [0, 0.1) is 0 Å². The predicted octanol–water partition coefficient (Wildman–Crippen LogP) is 2.03. The Labute approximate surface area is 107 Å². The van der Waals surface area contributed by atoms with Crippen molar-refractivity contribution in [3.05, 3.63) is 30.5 Å². The standard InChI is InChI=1S/C14H19N3O/c1-2-7-17(8-9-18)14-11-5-3-4-6-13(11)16-10-12(14)15/h3-6,10,18H,2,7-9,15H2,1H3. The minimum atomic E-state index is 0.121. The van der Waals surface area contributed by atoms with Crippen LogP contribution in [0.4, 0.5) is 11.4 Å². The molecule has 96 valence electrons. The summed E-state index contributed by atoms with van der Waals surface area (Å²) in [4.78, 5) is 6.45. The van der Waals surface area contributed by atoms with Crippen molar-refractivity contribution < 1.29 is 5.11 Å². The second kappa shape index (κ2) is 5.69. The van der Waals surface area contributed by atoms with E-state index < -0.39 is 0 Å². The quantitative estimate of drug-likeness (QED) is 0.846. The highest BCUT2D eigenvalue weighted by Gasteiger charge is 2.13. The summed E-state index contributed by atoms with van der Waals surface area (Å²) in [5.41, 5.74) is 8.64. The second-order valence-electron chi connectivity index (χ2n) is 4.29. The second-order valence-corrected chi connectivity index (χ2v) is 4.29. The van der Waals surface area contributed by atoms with Crippen molar-refractivity contribution in [3.63, 3.8) is 0 Å². The van der Waals surface area contributed by atoms with E-state index in [1.165, 1.54) is 0 Å². The largest absolute Gasteiger partial charge is 0.396 e. The molecule has 0 unspecified atom stereocenters. The lowest BCUT2D eigenvalue weighted by Crippen LogP contribution is -2.28. The molecule has 1 aromatic heterocycles. The number of benzene rings is 1. The molecule has 0 saturated carbocycles. The van der Waals surface area contributed by atoms with Crippen molar-refractivity contribution in [3.8, 4) is 0 Å². The van der Waals surface area contributed by atoms with Gasteiger partial charge in [0, 0.05) is 18.5 Å². The fourth-order valence-electron chi connectivity index (χ4n) is 2.22. The number of nitrogens with zero attached hydrogens (tertiary/aromatic N) is 2. The molecule has 0 amide bonds. The van der Waals surface area contributed by atoms with Crippen LogP contribution in [0.3, 0.4) is 0 Å². The summed E-state index contributed by atoms with van der Waals surface area (Å²) in [5, 5.41) is 10.2. The zero-order valence-corrected chi connectivity index (χ0v) is 10.6. The average molecular weight is 245 g/mol. The number of fused-ring (bicyclic) bond motifs is 1. The summed E-state index contributed by atoms with van der Waals surface area (Å²) >= 11 is 0. The molecule has 3 N–H and O–H groups in total. The van der Waals surface area contributed by atoms with Gasteiger partial charge in [0.2, 0.25) is 0 Å². The van der Waals surface area contributed by atoms with Gasteiger partial charge in [0.25, 0.3) is 0 Å². The van der Waals surface area contributed by atoms with E-state index in [0.29, 0.717) is 12.2 Å². The first kappa shape index (κ1) is 12.6. The SMILES string of the molecule is CCCN(CCO)c1c(N)cnc2ccccc12. The van der Waals surface area contributed by atoms with E-state index in [1.54, 1.807) is 6.20 Å². The lowest BCUT2D eigenvalue weighted by molar-refractivity contribution is 0.302. The maximum absolute atomic E-state index is 9.19. The Morgan fingerprint density at radius 2 is 2.06 bits per heavy atom. The van der Waals surface area contributed by atoms with Crippen molar-refractivity contribution in [2.75, 3.05) is 30.3 Å². The van der Waals surface area contributed by atoms with Gasteiger partial charge in [-0.15, -0.1) is 0 Å². The van der Waals surface area contributed by atoms with Gasteiger partial charge >= 0.3 is 0 Å². The highest BCUT2D eigenvalue weighted by Crippen LogP contribution is 2.31. The molecule has 1 aromatic carbocycles. The van der Waals surface area contributed by atoms with Crippen LogP contribution in [0.2, 0.25) is 0 Å². The van der Waals surface area contributed by atoms with Gasteiger partial charge in [0.1, 0.15) is 0 Å².